The van der Waals surface area contributed by atoms with Crippen molar-refractivity contribution in [3.8, 4) is 0 Å². The number of amides is 1. The highest BCUT2D eigenvalue weighted by atomic mass is 16.2. The van der Waals surface area contributed by atoms with E-state index in [0.717, 1.165) is 56.8 Å². The fraction of sp³-hybridized carbons (Fsp3) is 0.458. The molecule has 3 heteroatoms. The van der Waals surface area contributed by atoms with Gasteiger partial charge in [0.2, 0.25) is 0 Å². The molecule has 2 aliphatic rings. The van der Waals surface area contributed by atoms with Crippen molar-refractivity contribution in [1.29, 1.82) is 0 Å². The summed E-state index contributed by atoms with van der Waals surface area (Å²) in [5.74, 6) is 0.920. The van der Waals surface area contributed by atoms with Gasteiger partial charge in [0.05, 0.1) is 0 Å². The minimum absolute atomic E-state index is 0.184. The molecular formula is C24H30N2O. The van der Waals surface area contributed by atoms with Crippen LogP contribution in [0, 0.1) is 5.92 Å². The van der Waals surface area contributed by atoms with Gasteiger partial charge < -0.3 is 10.2 Å². The second kappa shape index (κ2) is 8.26. The molecule has 1 aliphatic heterocycles. The van der Waals surface area contributed by atoms with E-state index < -0.39 is 0 Å². The van der Waals surface area contributed by atoms with Crippen LogP contribution in [0.3, 0.4) is 0 Å². The Bertz CT molecular complexity index is 752. The summed E-state index contributed by atoms with van der Waals surface area (Å²) < 4.78 is 0. The number of benzene rings is 2. The normalized spacial score (nSPS) is 19.2. The number of fused-ring (bicyclic) bond motifs is 1. The first-order valence-corrected chi connectivity index (χ1v) is 10.4. The molecular weight excluding hydrogens is 332 g/mol. The molecule has 0 bridgehead atoms. The minimum Gasteiger partial charge on any atom is -0.335 e. The fourth-order valence-corrected chi connectivity index (χ4v) is 4.62. The van der Waals surface area contributed by atoms with Crippen molar-refractivity contribution < 1.29 is 4.79 Å². The number of hydrogen-bond acceptors (Lipinski definition) is 2. The van der Waals surface area contributed by atoms with Crippen LogP contribution in [0.5, 0.6) is 0 Å². The van der Waals surface area contributed by atoms with Gasteiger partial charge in [-0.05, 0) is 79.9 Å². The summed E-state index contributed by atoms with van der Waals surface area (Å²) in [6.45, 7) is 5.23. The summed E-state index contributed by atoms with van der Waals surface area (Å²) in [6, 6.07) is 17.3. The van der Waals surface area contributed by atoms with E-state index in [9.17, 15) is 4.79 Å². The standard InChI is InChI=1S/C24H30N2O/c1-2-13-26(23-15-21-5-3-4-6-22(21)16-23)24(27)20-9-7-18(8-10-20)14-19-11-12-25-17-19/h3-10,19,23,25H,2,11-17H2,1H3. The molecule has 1 heterocycles. The third-order valence-electron chi connectivity index (χ3n) is 6.08. The summed E-state index contributed by atoms with van der Waals surface area (Å²) in [4.78, 5) is 15.4. The number of carbonyl (C=O) groups excluding carboxylic acids is 1. The molecule has 2 aromatic carbocycles. The third-order valence-corrected chi connectivity index (χ3v) is 6.08. The van der Waals surface area contributed by atoms with Crippen molar-refractivity contribution in [3.63, 3.8) is 0 Å². The SMILES string of the molecule is CCCN(C(=O)c1ccc(CC2CCNC2)cc1)C1Cc2ccccc2C1. The van der Waals surface area contributed by atoms with Crippen molar-refractivity contribution in [2.45, 2.75) is 45.1 Å². The molecule has 2 aromatic rings. The van der Waals surface area contributed by atoms with Crippen molar-refractivity contribution in [2.75, 3.05) is 19.6 Å². The van der Waals surface area contributed by atoms with Gasteiger partial charge in [-0.3, -0.25) is 4.79 Å². The van der Waals surface area contributed by atoms with Gasteiger partial charge in [0.1, 0.15) is 0 Å². The average molecular weight is 363 g/mol. The largest absolute Gasteiger partial charge is 0.335 e. The van der Waals surface area contributed by atoms with Gasteiger partial charge in [0, 0.05) is 18.2 Å². The number of carbonyl (C=O) groups is 1. The van der Waals surface area contributed by atoms with Crippen LogP contribution in [0.1, 0.15) is 46.8 Å². The van der Waals surface area contributed by atoms with Crippen LogP contribution in [-0.4, -0.2) is 36.5 Å². The summed E-state index contributed by atoms with van der Waals surface area (Å²) in [5.41, 5.74) is 4.97. The summed E-state index contributed by atoms with van der Waals surface area (Å²) in [5, 5.41) is 3.43. The highest BCUT2D eigenvalue weighted by Crippen LogP contribution is 2.27. The predicted octanol–water partition coefficient (Wildman–Crippen LogP) is 3.86. The van der Waals surface area contributed by atoms with Crippen LogP contribution in [0.2, 0.25) is 0 Å². The lowest BCUT2D eigenvalue weighted by Gasteiger charge is -2.29. The maximum atomic E-state index is 13.2. The summed E-state index contributed by atoms with van der Waals surface area (Å²) in [6.07, 6.45) is 5.32. The number of nitrogens with zero attached hydrogens (tertiary/aromatic N) is 1. The summed E-state index contributed by atoms with van der Waals surface area (Å²) >= 11 is 0. The average Bonchev–Trinajstić information content (AvgIpc) is 3.35. The molecule has 4 rings (SSSR count). The zero-order valence-electron chi connectivity index (χ0n) is 16.3. The molecule has 1 fully saturated rings. The topological polar surface area (TPSA) is 32.3 Å². The first kappa shape index (κ1) is 18.2. The molecule has 1 amide bonds. The Morgan fingerprint density at radius 2 is 1.78 bits per heavy atom. The monoisotopic (exact) mass is 362 g/mol. The molecule has 0 radical (unpaired) electrons. The van der Waals surface area contributed by atoms with Gasteiger partial charge in [-0.2, -0.15) is 0 Å². The molecule has 0 spiro atoms. The number of rotatable bonds is 6. The van der Waals surface area contributed by atoms with Crippen LogP contribution < -0.4 is 5.32 Å². The van der Waals surface area contributed by atoms with E-state index in [-0.39, 0.29) is 5.91 Å². The van der Waals surface area contributed by atoms with Crippen LogP contribution >= 0.6 is 0 Å². The van der Waals surface area contributed by atoms with Gasteiger partial charge in [0.25, 0.3) is 5.91 Å². The highest BCUT2D eigenvalue weighted by molar-refractivity contribution is 5.94. The zero-order valence-corrected chi connectivity index (χ0v) is 16.3. The maximum Gasteiger partial charge on any atom is 0.254 e. The molecule has 142 valence electrons. The molecule has 0 saturated carbocycles. The summed E-state index contributed by atoms with van der Waals surface area (Å²) in [7, 11) is 0. The van der Waals surface area contributed by atoms with Gasteiger partial charge in [0.15, 0.2) is 0 Å². The Labute approximate surface area is 162 Å². The zero-order chi connectivity index (χ0) is 18.6. The second-order valence-electron chi connectivity index (χ2n) is 8.09. The molecule has 1 unspecified atom stereocenters. The van der Waals surface area contributed by atoms with E-state index in [1.165, 1.54) is 23.1 Å². The van der Waals surface area contributed by atoms with Gasteiger partial charge in [-0.1, -0.05) is 43.3 Å². The Morgan fingerprint density at radius 1 is 1.07 bits per heavy atom. The van der Waals surface area contributed by atoms with E-state index in [1.54, 1.807) is 0 Å². The van der Waals surface area contributed by atoms with Crippen LogP contribution in [0.25, 0.3) is 0 Å². The van der Waals surface area contributed by atoms with Gasteiger partial charge >= 0.3 is 0 Å². The molecule has 3 nitrogen and oxygen atoms in total. The van der Waals surface area contributed by atoms with E-state index >= 15 is 0 Å². The van der Waals surface area contributed by atoms with Crippen molar-refractivity contribution >= 4 is 5.91 Å². The Balaban J connectivity index is 1.45. The smallest absolute Gasteiger partial charge is 0.254 e. The molecule has 1 atom stereocenters. The second-order valence-corrected chi connectivity index (χ2v) is 8.09. The quantitative estimate of drug-likeness (QED) is 0.846. The Morgan fingerprint density at radius 3 is 2.37 bits per heavy atom. The third kappa shape index (κ3) is 4.08. The van der Waals surface area contributed by atoms with Crippen molar-refractivity contribution in [2.24, 2.45) is 5.92 Å². The van der Waals surface area contributed by atoms with Gasteiger partial charge in [-0.25, -0.2) is 0 Å². The van der Waals surface area contributed by atoms with E-state index in [2.05, 4.69) is 53.5 Å². The molecule has 0 aromatic heterocycles. The fourth-order valence-electron chi connectivity index (χ4n) is 4.62. The first-order chi connectivity index (χ1) is 13.2. The van der Waals surface area contributed by atoms with Crippen LogP contribution in [0.15, 0.2) is 48.5 Å². The predicted molar refractivity (Wildman–Crippen MR) is 110 cm³/mol. The highest BCUT2D eigenvalue weighted by Gasteiger charge is 2.29. The van der Waals surface area contributed by atoms with Gasteiger partial charge in [-0.15, -0.1) is 0 Å². The van der Waals surface area contributed by atoms with E-state index in [1.807, 2.05) is 12.1 Å². The Hall–Kier alpha value is -2.13. The Kier molecular flexibility index (Phi) is 5.58. The molecule has 1 saturated heterocycles. The minimum atomic E-state index is 0.184. The van der Waals surface area contributed by atoms with E-state index in [4.69, 9.17) is 0 Å². The molecule has 1 aliphatic carbocycles. The number of nitrogens with one attached hydrogen (secondary N) is 1. The first-order valence-electron chi connectivity index (χ1n) is 10.4. The lowest BCUT2D eigenvalue weighted by Crippen LogP contribution is -2.41. The molecule has 1 N–H and O–H groups in total. The van der Waals surface area contributed by atoms with Crippen molar-refractivity contribution in [1.82, 2.24) is 10.2 Å². The van der Waals surface area contributed by atoms with Crippen molar-refractivity contribution in [3.05, 3.63) is 70.8 Å². The number of hydrogen-bond donors (Lipinski definition) is 1. The van der Waals surface area contributed by atoms with E-state index in [0.29, 0.717) is 6.04 Å². The maximum absolute atomic E-state index is 13.2. The lowest BCUT2D eigenvalue weighted by molar-refractivity contribution is 0.0684. The molecule has 27 heavy (non-hydrogen) atoms. The lowest BCUT2D eigenvalue weighted by atomic mass is 9.97. The van der Waals surface area contributed by atoms with Crippen LogP contribution in [0.4, 0.5) is 0 Å². The van der Waals surface area contributed by atoms with Crippen LogP contribution in [-0.2, 0) is 19.3 Å².